The van der Waals surface area contributed by atoms with Crippen LogP contribution in [-0.2, 0) is 6.18 Å². The molecule has 2 aromatic rings. The van der Waals surface area contributed by atoms with Gasteiger partial charge in [0.1, 0.15) is 17.2 Å². The Labute approximate surface area is 133 Å². The topological polar surface area (TPSA) is 83.2 Å². The van der Waals surface area contributed by atoms with Gasteiger partial charge in [0.15, 0.2) is 0 Å². The summed E-state index contributed by atoms with van der Waals surface area (Å²) in [6.07, 6.45) is 0.0776. The summed E-state index contributed by atoms with van der Waals surface area (Å²) in [5.74, 6) is 0. The molecule has 0 spiro atoms. The third-order valence-electron chi connectivity index (χ3n) is 2.52. The van der Waals surface area contributed by atoms with Gasteiger partial charge in [0.05, 0.1) is 5.00 Å². The zero-order valence-corrected chi connectivity index (χ0v) is 12.7. The van der Waals surface area contributed by atoms with Crippen molar-refractivity contribution in [3.05, 3.63) is 46.9 Å². The molecule has 0 fully saturated rings. The highest BCUT2D eigenvalue weighted by molar-refractivity contribution is 7.16. The maximum atomic E-state index is 12.5. The predicted molar refractivity (Wildman–Crippen MR) is 78.4 cm³/mol. The molecule has 23 heavy (non-hydrogen) atoms. The minimum absolute atomic E-state index is 0.0862. The van der Waals surface area contributed by atoms with Crippen LogP contribution in [0.1, 0.15) is 10.4 Å². The monoisotopic (exact) mass is 343 g/mol. The Morgan fingerprint density at radius 1 is 1.39 bits per heavy atom. The fourth-order valence-corrected chi connectivity index (χ4v) is 2.16. The highest BCUT2D eigenvalue weighted by Gasteiger charge is 2.32. The van der Waals surface area contributed by atoms with Crippen molar-refractivity contribution in [2.75, 3.05) is 11.9 Å². The first-order chi connectivity index (χ1) is 10.9. The summed E-state index contributed by atoms with van der Waals surface area (Å²) in [7, 11) is 0. The largest absolute Gasteiger partial charge is 0.457 e. The van der Waals surface area contributed by atoms with Crippen LogP contribution in [-0.4, -0.2) is 16.6 Å². The van der Waals surface area contributed by atoms with Gasteiger partial charge in [-0.3, -0.25) is 0 Å². The second kappa shape index (κ2) is 7.18. The fourth-order valence-electron chi connectivity index (χ4n) is 1.42. The van der Waals surface area contributed by atoms with Crippen LogP contribution in [0, 0.1) is 12.5 Å². The van der Waals surface area contributed by atoms with Crippen LogP contribution >= 0.6 is 11.3 Å². The van der Waals surface area contributed by atoms with E-state index in [0.717, 1.165) is 11.6 Å². The number of nitrogens with zero attached hydrogens (tertiary/aromatic N) is 3. The molecule has 122 valence electrons. The second-order valence-electron chi connectivity index (χ2n) is 4.39. The number of rotatable bonds is 6. The number of anilines is 1. The SMILES string of the molecule is Cc1cnc(OC/C(=C/Nc2ccc(C(F)(F)F)s2)N=N)nc1. The number of nitrogens with one attached hydrogen (secondary N) is 2. The first-order valence-electron chi connectivity index (χ1n) is 6.30. The van der Waals surface area contributed by atoms with E-state index in [-0.39, 0.29) is 23.3 Å². The lowest BCUT2D eigenvalue weighted by Crippen LogP contribution is -2.04. The van der Waals surface area contributed by atoms with Crippen LogP contribution < -0.4 is 10.1 Å². The molecule has 0 aromatic carbocycles. The molecule has 0 aliphatic rings. The summed E-state index contributed by atoms with van der Waals surface area (Å²) >= 11 is 0.559. The normalized spacial score (nSPS) is 12.1. The van der Waals surface area contributed by atoms with Gasteiger partial charge in [0.2, 0.25) is 0 Å². The van der Waals surface area contributed by atoms with E-state index < -0.39 is 11.1 Å². The van der Waals surface area contributed by atoms with Gasteiger partial charge >= 0.3 is 12.2 Å². The van der Waals surface area contributed by atoms with Crippen molar-refractivity contribution >= 4 is 16.3 Å². The van der Waals surface area contributed by atoms with Crippen LogP contribution in [0.4, 0.5) is 18.2 Å². The van der Waals surface area contributed by atoms with E-state index in [1.54, 1.807) is 12.4 Å². The van der Waals surface area contributed by atoms with E-state index in [1.807, 2.05) is 6.92 Å². The number of ether oxygens (including phenoxy) is 1. The number of hydrogen-bond acceptors (Lipinski definition) is 7. The molecule has 0 unspecified atom stereocenters. The lowest BCUT2D eigenvalue weighted by atomic mass is 10.4. The molecule has 2 heterocycles. The highest BCUT2D eigenvalue weighted by Crippen LogP contribution is 2.36. The average molecular weight is 343 g/mol. The molecular weight excluding hydrogens is 331 g/mol. The molecule has 2 aromatic heterocycles. The van der Waals surface area contributed by atoms with Crippen LogP contribution in [0.5, 0.6) is 6.01 Å². The van der Waals surface area contributed by atoms with Crippen molar-refractivity contribution in [2.24, 2.45) is 5.11 Å². The Kier molecular flexibility index (Phi) is 5.27. The van der Waals surface area contributed by atoms with Gasteiger partial charge in [-0.1, -0.05) is 0 Å². The molecule has 0 atom stereocenters. The van der Waals surface area contributed by atoms with Crippen molar-refractivity contribution in [1.82, 2.24) is 9.97 Å². The Balaban J connectivity index is 1.95. The molecule has 2 rings (SSSR count). The minimum Gasteiger partial charge on any atom is -0.457 e. The van der Waals surface area contributed by atoms with Gasteiger partial charge in [-0.05, 0) is 24.6 Å². The van der Waals surface area contributed by atoms with E-state index in [0.29, 0.717) is 11.3 Å². The fraction of sp³-hybridized carbons (Fsp3) is 0.231. The number of halogens is 3. The molecule has 2 N–H and O–H groups in total. The Bertz CT molecular complexity index is 696. The van der Waals surface area contributed by atoms with Gasteiger partial charge in [-0.15, -0.1) is 11.3 Å². The van der Waals surface area contributed by atoms with Gasteiger partial charge in [0, 0.05) is 18.6 Å². The van der Waals surface area contributed by atoms with E-state index >= 15 is 0 Å². The first kappa shape index (κ1) is 16.9. The van der Waals surface area contributed by atoms with Gasteiger partial charge in [-0.2, -0.15) is 18.3 Å². The van der Waals surface area contributed by atoms with Crippen molar-refractivity contribution in [3.63, 3.8) is 0 Å². The van der Waals surface area contributed by atoms with Crippen LogP contribution in [0.3, 0.4) is 0 Å². The Morgan fingerprint density at radius 2 is 2.09 bits per heavy atom. The standard InChI is InChI=1S/C13H12F3N5OS/c1-8-4-19-12(20-5-8)22-7-9(21-17)6-18-11-3-2-10(23-11)13(14,15)16/h2-6,17-18H,7H2,1H3/b9-6-,21-17?. The molecular formula is C13H12F3N5OS. The van der Waals surface area contributed by atoms with E-state index in [4.69, 9.17) is 10.3 Å². The Hall–Kier alpha value is -2.49. The number of aryl methyl sites for hydroxylation is 1. The van der Waals surface area contributed by atoms with Crippen LogP contribution in [0.15, 0.2) is 41.5 Å². The van der Waals surface area contributed by atoms with E-state index in [1.165, 1.54) is 12.3 Å². The molecule has 0 bridgehead atoms. The van der Waals surface area contributed by atoms with Crippen molar-refractivity contribution in [3.8, 4) is 6.01 Å². The summed E-state index contributed by atoms with van der Waals surface area (Å²) in [6.45, 7) is 1.74. The molecule has 10 heteroatoms. The number of hydrogen-bond donors (Lipinski definition) is 2. The van der Waals surface area contributed by atoms with Gasteiger partial charge in [-0.25, -0.2) is 15.5 Å². The van der Waals surface area contributed by atoms with Crippen LogP contribution in [0.25, 0.3) is 0 Å². The van der Waals surface area contributed by atoms with Crippen molar-refractivity contribution < 1.29 is 17.9 Å². The molecule has 0 saturated heterocycles. The predicted octanol–water partition coefficient (Wildman–Crippen LogP) is 4.23. The maximum absolute atomic E-state index is 12.5. The van der Waals surface area contributed by atoms with E-state index in [2.05, 4.69) is 20.4 Å². The lowest BCUT2D eigenvalue weighted by molar-refractivity contribution is -0.134. The lowest BCUT2D eigenvalue weighted by Gasteiger charge is -2.04. The number of thiophene rings is 1. The molecule has 0 radical (unpaired) electrons. The highest BCUT2D eigenvalue weighted by atomic mass is 32.1. The minimum atomic E-state index is -4.37. The Morgan fingerprint density at radius 3 is 2.65 bits per heavy atom. The average Bonchev–Trinajstić information content (AvgIpc) is 2.98. The third-order valence-corrected chi connectivity index (χ3v) is 3.58. The van der Waals surface area contributed by atoms with Crippen molar-refractivity contribution in [1.29, 1.82) is 5.53 Å². The molecule has 0 aliphatic carbocycles. The smallest absolute Gasteiger partial charge is 0.425 e. The van der Waals surface area contributed by atoms with Gasteiger partial charge in [0.25, 0.3) is 0 Å². The maximum Gasteiger partial charge on any atom is 0.425 e. The van der Waals surface area contributed by atoms with Crippen molar-refractivity contribution in [2.45, 2.75) is 13.1 Å². The summed E-state index contributed by atoms with van der Waals surface area (Å²) < 4.78 is 42.7. The summed E-state index contributed by atoms with van der Waals surface area (Å²) in [6, 6.07) is 2.41. The van der Waals surface area contributed by atoms with Gasteiger partial charge < -0.3 is 10.1 Å². The van der Waals surface area contributed by atoms with Crippen LogP contribution in [0.2, 0.25) is 0 Å². The molecule has 0 aliphatic heterocycles. The second-order valence-corrected chi connectivity index (χ2v) is 5.47. The summed E-state index contributed by atoms with van der Waals surface area (Å²) in [5, 5.41) is 6.18. The molecule has 6 nitrogen and oxygen atoms in total. The summed E-state index contributed by atoms with van der Waals surface area (Å²) in [4.78, 5) is 7.15. The third kappa shape index (κ3) is 5.02. The molecule has 0 saturated carbocycles. The number of aromatic nitrogens is 2. The molecule has 0 amide bonds. The zero-order valence-electron chi connectivity index (χ0n) is 11.9. The first-order valence-corrected chi connectivity index (χ1v) is 7.11. The number of alkyl halides is 3. The quantitative estimate of drug-likeness (QED) is 0.769. The summed E-state index contributed by atoms with van der Waals surface area (Å²) in [5.41, 5.74) is 8.10. The van der Waals surface area contributed by atoms with E-state index in [9.17, 15) is 13.2 Å². The zero-order chi connectivity index (χ0) is 16.9.